The number of hydrogen-bond acceptors (Lipinski definition) is 5. The number of nitrogens with zero attached hydrogens (tertiary/aromatic N) is 5. The fourth-order valence-electron chi connectivity index (χ4n) is 3.61. The summed E-state index contributed by atoms with van der Waals surface area (Å²) in [5.41, 5.74) is 0.598. The lowest BCUT2D eigenvalue weighted by molar-refractivity contribution is -0.132. The second-order valence-corrected chi connectivity index (χ2v) is 7.13. The topological polar surface area (TPSA) is 109 Å². The molecule has 150 valence electrons. The number of hydrogen-bond donors (Lipinski definition) is 2. The molecule has 2 unspecified atom stereocenters. The third-order valence-corrected chi connectivity index (χ3v) is 5.02. The van der Waals surface area contributed by atoms with E-state index >= 15 is 0 Å². The number of amides is 2. The molecule has 2 atom stereocenters. The lowest BCUT2D eigenvalue weighted by atomic mass is 10.1. The molecule has 0 saturated carbocycles. The van der Waals surface area contributed by atoms with Crippen molar-refractivity contribution in [3.05, 3.63) is 66.0 Å². The summed E-state index contributed by atoms with van der Waals surface area (Å²) in [5, 5.41) is 14.3. The van der Waals surface area contributed by atoms with Crippen LogP contribution in [0.25, 0.3) is 0 Å². The summed E-state index contributed by atoms with van der Waals surface area (Å²) in [7, 11) is 0. The van der Waals surface area contributed by atoms with Crippen molar-refractivity contribution in [2.24, 2.45) is 0 Å². The molecule has 3 heterocycles. The second-order valence-electron chi connectivity index (χ2n) is 7.13. The van der Waals surface area contributed by atoms with Gasteiger partial charge in [-0.15, -0.1) is 0 Å². The van der Waals surface area contributed by atoms with Crippen molar-refractivity contribution in [2.45, 2.75) is 38.4 Å². The number of nitrogens with one attached hydrogen (secondary N) is 2. The minimum absolute atomic E-state index is 0.00980. The number of likely N-dealkylation sites (tertiary alicyclic amines) is 1. The molecular formula is C20H23N7O2. The van der Waals surface area contributed by atoms with Crippen molar-refractivity contribution >= 4 is 11.8 Å². The molecular weight excluding hydrogens is 370 g/mol. The van der Waals surface area contributed by atoms with Gasteiger partial charge in [0, 0.05) is 43.5 Å². The number of H-pyrrole nitrogens is 1. The van der Waals surface area contributed by atoms with Gasteiger partial charge < -0.3 is 10.2 Å². The molecule has 2 amide bonds. The Kier molecular flexibility index (Phi) is 5.37. The Morgan fingerprint density at radius 2 is 2.07 bits per heavy atom. The second kappa shape index (κ2) is 8.26. The number of rotatable bonds is 6. The average molecular weight is 393 g/mol. The van der Waals surface area contributed by atoms with Crippen molar-refractivity contribution in [1.29, 1.82) is 0 Å². The first-order valence-electron chi connectivity index (χ1n) is 9.62. The minimum atomic E-state index is -0.272. The molecule has 4 rings (SSSR count). The van der Waals surface area contributed by atoms with E-state index in [1.54, 1.807) is 27.9 Å². The predicted octanol–water partition coefficient (Wildman–Crippen LogP) is 1.47. The number of carbonyl (C=O) groups excluding carboxylic acids is 2. The van der Waals surface area contributed by atoms with Crippen LogP contribution in [0, 0.1) is 6.92 Å². The highest BCUT2D eigenvalue weighted by atomic mass is 16.2. The van der Waals surface area contributed by atoms with E-state index in [9.17, 15) is 9.59 Å². The van der Waals surface area contributed by atoms with Gasteiger partial charge in [0.05, 0.1) is 6.04 Å². The molecule has 1 aliphatic heterocycles. The molecule has 0 bridgehead atoms. The van der Waals surface area contributed by atoms with Gasteiger partial charge in [0.1, 0.15) is 5.82 Å². The van der Waals surface area contributed by atoms with Crippen LogP contribution in [0.4, 0.5) is 0 Å². The third-order valence-electron chi connectivity index (χ3n) is 5.02. The summed E-state index contributed by atoms with van der Waals surface area (Å²) in [6.45, 7) is 2.75. The molecule has 1 fully saturated rings. The summed E-state index contributed by atoms with van der Waals surface area (Å²) in [6, 6.07) is 10.5. The first-order valence-corrected chi connectivity index (χ1v) is 9.62. The number of benzene rings is 1. The first-order chi connectivity index (χ1) is 14.1. The van der Waals surface area contributed by atoms with Crippen molar-refractivity contribution in [2.75, 3.05) is 6.54 Å². The van der Waals surface area contributed by atoms with Crippen LogP contribution < -0.4 is 5.32 Å². The van der Waals surface area contributed by atoms with E-state index in [-0.39, 0.29) is 23.9 Å². The largest absolute Gasteiger partial charge is 0.347 e. The van der Waals surface area contributed by atoms with Gasteiger partial charge in [0.15, 0.2) is 5.82 Å². The Balaban J connectivity index is 1.46. The Hall–Kier alpha value is -3.49. The molecule has 9 nitrogen and oxygen atoms in total. The lowest BCUT2D eigenvalue weighted by Crippen LogP contribution is -2.38. The SMILES string of the molecule is Cc1nc(C2CC(NC(=O)c3ccccc3)CN2C(=O)CCn2cccn2)n[nH]1. The molecule has 0 radical (unpaired) electrons. The molecule has 2 N–H and O–H groups in total. The summed E-state index contributed by atoms with van der Waals surface area (Å²) in [5.74, 6) is 1.11. The van der Waals surface area contributed by atoms with Crippen molar-refractivity contribution in [1.82, 2.24) is 35.2 Å². The monoisotopic (exact) mass is 393 g/mol. The van der Waals surface area contributed by atoms with Gasteiger partial charge in [-0.2, -0.15) is 10.2 Å². The van der Waals surface area contributed by atoms with Crippen molar-refractivity contribution in [3.63, 3.8) is 0 Å². The Labute approximate surface area is 168 Å². The van der Waals surface area contributed by atoms with E-state index in [4.69, 9.17) is 0 Å². The number of aryl methyl sites for hydroxylation is 2. The highest BCUT2D eigenvalue weighted by Gasteiger charge is 2.38. The average Bonchev–Trinajstić information content (AvgIpc) is 3.47. The molecule has 9 heteroatoms. The summed E-state index contributed by atoms with van der Waals surface area (Å²) in [4.78, 5) is 31.7. The van der Waals surface area contributed by atoms with E-state index in [2.05, 4.69) is 25.6 Å². The summed E-state index contributed by atoms with van der Waals surface area (Å²) >= 11 is 0. The van der Waals surface area contributed by atoms with E-state index < -0.39 is 0 Å². The van der Waals surface area contributed by atoms with Crippen LogP contribution in [-0.4, -0.2) is 54.3 Å². The number of aromatic amines is 1. The van der Waals surface area contributed by atoms with Gasteiger partial charge in [-0.3, -0.25) is 19.4 Å². The Bertz CT molecular complexity index is 968. The standard InChI is InChI=1S/C20H23N7O2/c1-14-22-19(25-24-14)17-12-16(23-20(29)15-6-3-2-4-7-15)13-27(17)18(28)8-11-26-10-5-9-21-26/h2-7,9-10,16-17H,8,11-13H2,1H3,(H,23,29)(H,22,24,25). The smallest absolute Gasteiger partial charge is 0.251 e. The summed E-state index contributed by atoms with van der Waals surface area (Å²) < 4.78 is 1.73. The zero-order valence-electron chi connectivity index (χ0n) is 16.2. The van der Waals surface area contributed by atoms with Gasteiger partial charge >= 0.3 is 0 Å². The lowest BCUT2D eigenvalue weighted by Gasteiger charge is -2.22. The Morgan fingerprint density at radius 1 is 1.24 bits per heavy atom. The maximum absolute atomic E-state index is 12.9. The van der Waals surface area contributed by atoms with Crippen molar-refractivity contribution in [3.8, 4) is 0 Å². The third kappa shape index (κ3) is 4.34. The highest BCUT2D eigenvalue weighted by Crippen LogP contribution is 2.31. The minimum Gasteiger partial charge on any atom is -0.347 e. The summed E-state index contributed by atoms with van der Waals surface area (Å²) in [6.07, 6.45) is 4.41. The molecule has 1 aromatic carbocycles. The van der Waals surface area contributed by atoms with Crippen molar-refractivity contribution < 1.29 is 9.59 Å². The fourth-order valence-corrected chi connectivity index (χ4v) is 3.61. The predicted molar refractivity (Wildman–Crippen MR) is 105 cm³/mol. The normalized spacial score (nSPS) is 18.7. The van der Waals surface area contributed by atoms with Gasteiger partial charge in [-0.25, -0.2) is 4.98 Å². The maximum Gasteiger partial charge on any atom is 0.251 e. The maximum atomic E-state index is 12.9. The van der Waals surface area contributed by atoms with Gasteiger partial charge in [0.25, 0.3) is 5.91 Å². The van der Waals surface area contributed by atoms with Crippen LogP contribution in [-0.2, 0) is 11.3 Å². The van der Waals surface area contributed by atoms with E-state index in [0.717, 1.165) is 0 Å². The van der Waals surface area contributed by atoms with Crippen LogP contribution in [0.3, 0.4) is 0 Å². The molecule has 1 aliphatic rings. The zero-order chi connectivity index (χ0) is 20.2. The molecule has 29 heavy (non-hydrogen) atoms. The molecule has 0 spiro atoms. The fraction of sp³-hybridized carbons (Fsp3) is 0.350. The van der Waals surface area contributed by atoms with Gasteiger partial charge in [-0.1, -0.05) is 18.2 Å². The van der Waals surface area contributed by atoms with Crippen LogP contribution in [0.1, 0.15) is 40.9 Å². The quantitative estimate of drug-likeness (QED) is 0.659. The van der Waals surface area contributed by atoms with Crippen LogP contribution in [0.5, 0.6) is 0 Å². The molecule has 2 aromatic heterocycles. The first kappa shape index (κ1) is 18.9. The van der Waals surface area contributed by atoms with E-state index in [1.165, 1.54) is 0 Å². The van der Waals surface area contributed by atoms with Gasteiger partial charge in [0.2, 0.25) is 5.91 Å². The van der Waals surface area contributed by atoms with E-state index in [1.807, 2.05) is 37.4 Å². The zero-order valence-corrected chi connectivity index (χ0v) is 16.2. The molecule has 0 aliphatic carbocycles. The number of carbonyl (C=O) groups is 2. The highest BCUT2D eigenvalue weighted by molar-refractivity contribution is 5.94. The number of aromatic nitrogens is 5. The van der Waals surface area contributed by atoms with Crippen LogP contribution in [0.15, 0.2) is 48.8 Å². The van der Waals surface area contributed by atoms with Gasteiger partial charge in [-0.05, 0) is 31.5 Å². The molecule has 1 saturated heterocycles. The molecule has 3 aromatic rings. The van der Waals surface area contributed by atoms with Crippen LogP contribution >= 0.6 is 0 Å². The van der Waals surface area contributed by atoms with Crippen LogP contribution in [0.2, 0.25) is 0 Å². The Morgan fingerprint density at radius 3 is 2.76 bits per heavy atom. The van der Waals surface area contributed by atoms with E-state index in [0.29, 0.717) is 43.1 Å².